The molecule has 0 unspecified atom stereocenters. The summed E-state index contributed by atoms with van der Waals surface area (Å²) >= 11 is 0. The van der Waals surface area contributed by atoms with Crippen LogP contribution < -0.4 is 15.0 Å². The van der Waals surface area contributed by atoms with Crippen LogP contribution in [0.2, 0.25) is 18.1 Å². The van der Waals surface area contributed by atoms with Crippen molar-refractivity contribution in [1.82, 2.24) is 10.3 Å². The minimum Gasteiger partial charge on any atom is -0.478 e. The molecule has 9 nitrogen and oxygen atoms in total. The van der Waals surface area contributed by atoms with Crippen molar-refractivity contribution < 1.29 is 28.6 Å². The molecule has 1 amide bonds. The maximum absolute atomic E-state index is 12.9. The zero-order chi connectivity index (χ0) is 33.6. The second-order valence-corrected chi connectivity index (χ2v) is 18.8. The number of anilines is 1. The first-order valence-corrected chi connectivity index (χ1v) is 19.2. The molecule has 0 bridgehead atoms. The Balaban J connectivity index is 1.76. The quantitative estimate of drug-likeness (QED) is 0.138. The summed E-state index contributed by atoms with van der Waals surface area (Å²) < 4.78 is 16.5. The van der Waals surface area contributed by atoms with Gasteiger partial charge in [0.2, 0.25) is 5.88 Å². The molecule has 1 aromatic heterocycles. The van der Waals surface area contributed by atoms with Gasteiger partial charge in [0.1, 0.15) is 5.60 Å². The maximum Gasteiger partial charge on any atom is 0.407 e. The number of nitrogens with one attached hydrogen (secondary N) is 1. The van der Waals surface area contributed by atoms with E-state index < -0.39 is 13.9 Å². The van der Waals surface area contributed by atoms with Gasteiger partial charge in [-0.25, -0.2) is 14.6 Å². The van der Waals surface area contributed by atoms with Crippen LogP contribution in [0.1, 0.15) is 96.0 Å². The van der Waals surface area contributed by atoms with Crippen molar-refractivity contribution in [1.29, 1.82) is 0 Å². The van der Waals surface area contributed by atoms with Crippen molar-refractivity contribution in [2.75, 3.05) is 25.2 Å². The summed E-state index contributed by atoms with van der Waals surface area (Å²) in [5, 5.41) is 2.95. The number of methoxy groups -OCH3 is 1. The van der Waals surface area contributed by atoms with Crippen molar-refractivity contribution in [3.8, 4) is 17.0 Å². The second-order valence-electron chi connectivity index (χ2n) is 14.4. The number of pyridine rings is 1. The highest BCUT2D eigenvalue weighted by Gasteiger charge is 2.37. The van der Waals surface area contributed by atoms with Crippen molar-refractivity contribution in [3.63, 3.8) is 0 Å². The molecule has 0 spiro atoms. The predicted molar refractivity (Wildman–Crippen MR) is 183 cm³/mol. The highest BCUT2D eigenvalue weighted by atomic mass is 28.4. The molecule has 3 rings (SSSR count). The molecule has 1 aliphatic rings. The van der Waals surface area contributed by atoms with E-state index in [0.29, 0.717) is 18.1 Å². The number of alkyl carbamates (subject to hydrolysis) is 1. The summed E-state index contributed by atoms with van der Waals surface area (Å²) in [6.07, 6.45) is 6.66. The van der Waals surface area contributed by atoms with Gasteiger partial charge in [-0.15, -0.1) is 0 Å². The Morgan fingerprint density at radius 3 is 2.27 bits per heavy atom. The lowest BCUT2D eigenvalue weighted by molar-refractivity contribution is 0.0490. The first-order chi connectivity index (χ1) is 21.0. The fourth-order valence-electron chi connectivity index (χ4n) is 5.75. The SMILES string of the molecule is CCN(c1cc(-c2ccc(OCCCC(C)(C)[Si](C)(C)O)nc2)cc(C(=O)OC)c1C)C1CCC(NC(=O)OC(C)(C)C)CC1. The molecule has 2 N–H and O–H groups in total. The van der Waals surface area contributed by atoms with Gasteiger partial charge in [-0.3, -0.25) is 0 Å². The van der Waals surface area contributed by atoms with E-state index in [2.05, 4.69) is 42.0 Å². The van der Waals surface area contributed by atoms with E-state index in [4.69, 9.17) is 14.2 Å². The van der Waals surface area contributed by atoms with E-state index in [0.717, 1.165) is 67.4 Å². The van der Waals surface area contributed by atoms with E-state index in [-0.39, 0.29) is 29.2 Å². The smallest absolute Gasteiger partial charge is 0.407 e. The van der Waals surface area contributed by atoms with E-state index >= 15 is 0 Å². The number of nitrogens with zero attached hydrogens (tertiary/aromatic N) is 2. The van der Waals surface area contributed by atoms with E-state index in [1.165, 1.54) is 7.11 Å². The van der Waals surface area contributed by atoms with Gasteiger partial charge in [-0.1, -0.05) is 13.8 Å². The number of ether oxygens (including phenoxy) is 3. The van der Waals surface area contributed by atoms with Crippen LogP contribution in [-0.4, -0.2) is 68.1 Å². The van der Waals surface area contributed by atoms with Crippen LogP contribution in [0.4, 0.5) is 10.5 Å². The lowest BCUT2D eigenvalue weighted by Crippen LogP contribution is -2.45. The fraction of sp³-hybridized carbons (Fsp3) is 0.629. The van der Waals surface area contributed by atoms with Crippen LogP contribution >= 0.6 is 0 Å². The Hall–Kier alpha value is -3.11. The predicted octanol–water partition coefficient (Wildman–Crippen LogP) is 7.64. The van der Waals surface area contributed by atoms with E-state index in [1.807, 2.05) is 59.0 Å². The van der Waals surface area contributed by atoms with Crippen LogP contribution in [0.15, 0.2) is 30.5 Å². The lowest BCUT2D eigenvalue weighted by Gasteiger charge is -2.39. The normalized spacial score (nSPS) is 17.4. The molecule has 10 heteroatoms. The van der Waals surface area contributed by atoms with Crippen molar-refractivity contribution in [2.24, 2.45) is 0 Å². The molecule has 1 aliphatic carbocycles. The number of rotatable bonds is 12. The van der Waals surface area contributed by atoms with Crippen LogP contribution in [0.25, 0.3) is 11.1 Å². The Morgan fingerprint density at radius 1 is 1.07 bits per heavy atom. The third kappa shape index (κ3) is 9.94. The van der Waals surface area contributed by atoms with E-state index in [9.17, 15) is 14.4 Å². The minimum absolute atomic E-state index is 0.0783. The summed E-state index contributed by atoms with van der Waals surface area (Å²) in [6.45, 7) is 19.2. The third-order valence-electron chi connectivity index (χ3n) is 9.22. The third-order valence-corrected chi connectivity index (χ3v) is 12.8. The number of carbonyl (C=O) groups excluding carboxylic acids is 2. The molecule has 0 atom stereocenters. The second kappa shape index (κ2) is 15.0. The number of amides is 1. The molecular formula is C35H55N3O6Si. The maximum atomic E-state index is 12.9. The number of carbonyl (C=O) groups is 2. The van der Waals surface area contributed by atoms with Crippen LogP contribution in [0, 0.1) is 6.92 Å². The molecule has 250 valence electrons. The van der Waals surface area contributed by atoms with Gasteiger partial charge < -0.3 is 29.2 Å². The highest BCUT2D eigenvalue weighted by molar-refractivity contribution is 6.72. The Bertz CT molecular complexity index is 1290. The Kier molecular flexibility index (Phi) is 12.1. The molecule has 0 saturated heterocycles. The van der Waals surface area contributed by atoms with Crippen LogP contribution in [0.5, 0.6) is 5.88 Å². The molecule has 0 radical (unpaired) electrons. The lowest BCUT2D eigenvalue weighted by atomic mass is 9.89. The fourth-order valence-corrected chi connectivity index (χ4v) is 6.54. The number of aromatic nitrogens is 1. The Labute approximate surface area is 271 Å². The zero-order valence-corrected chi connectivity index (χ0v) is 30.1. The van der Waals surface area contributed by atoms with Gasteiger partial charge in [-0.2, -0.15) is 0 Å². The van der Waals surface area contributed by atoms with Gasteiger partial charge in [0.05, 0.1) is 19.3 Å². The number of benzene rings is 1. The minimum atomic E-state index is -2.25. The first kappa shape index (κ1) is 36.4. The Morgan fingerprint density at radius 2 is 1.73 bits per heavy atom. The molecule has 1 saturated carbocycles. The average molecular weight is 642 g/mol. The average Bonchev–Trinajstić information content (AvgIpc) is 2.95. The summed E-state index contributed by atoms with van der Waals surface area (Å²) in [7, 11) is -0.844. The number of esters is 1. The largest absolute Gasteiger partial charge is 0.478 e. The zero-order valence-electron chi connectivity index (χ0n) is 29.1. The van der Waals surface area contributed by atoms with Gasteiger partial charge in [0, 0.05) is 42.1 Å². The standard InChI is InChI=1S/C35H55N3O6Si/c1-11-38(28-16-14-27(15-17-28)37-33(40)44-34(3,4)5)30-22-26(21-29(24(30)2)32(39)42-8)25-13-18-31(36-23-25)43-20-12-19-35(6,7)45(9,10)41/h13,18,21-23,27-28,41H,11-12,14-17,19-20H2,1-10H3,(H,37,40). The monoisotopic (exact) mass is 641 g/mol. The molecule has 2 aromatic rings. The summed E-state index contributed by atoms with van der Waals surface area (Å²) in [5.74, 6) is 0.173. The van der Waals surface area contributed by atoms with Crippen LogP contribution in [-0.2, 0) is 9.47 Å². The van der Waals surface area contributed by atoms with E-state index in [1.54, 1.807) is 6.20 Å². The van der Waals surface area contributed by atoms with Gasteiger partial charge in [0.15, 0.2) is 8.32 Å². The summed E-state index contributed by atoms with van der Waals surface area (Å²) in [4.78, 5) is 42.7. The molecule has 1 aromatic carbocycles. The topological polar surface area (TPSA) is 110 Å². The van der Waals surface area contributed by atoms with Crippen molar-refractivity contribution in [3.05, 3.63) is 41.6 Å². The first-order valence-electron chi connectivity index (χ1n) is 16.3. The molecule has 45 heavy (non-hydrogen) atoms. The molecular weight excluding hydrogens is 586 g/mol. The highest BCUT2D eigenvalue weighted by Crippen LogP contribution is 2.40. The number of hydrogen-bond acceptors (Lipinski definition) is 8. The van der Waals surface area contributed by atoms with Crippen molar-refractivity contribution in [2.45, 2.75) is 123 Å². The van der Waals surface area contributed by atoms with Gasteiger partial charge in [-0.05, 0) is 121 Å². The molecule has 1 heterocycles. The van der Waals surface area contributed by atoms with Gasteiger partial charge in [0.25, 0.3) is 0 Å². The molecule has 0 aliphatic heterocycles. The van der Waals surface area contributed by atoms with Crippen molar-refractivity contribution >= 4 is 26.1 Å². The van der Waals surface area contributed by atoms with Crippen LogP contribution in [0.3, 0.4) is 0 Å². The summed E-state index contributed by atoms with van der Waals surface area (Å²) in [5.41, 5.74) is 3.64. The summed E-state index contributed by atoms with van der Waals surface area (Å²) in [6, 6.07) is 8.18. The molecule has 1 fully saturated rings. The number of hydrogen-bond donors (Lipinski definition) is 2. The van der Waals surface area contributed by atoms with Gasteiger partial charge >= 0.3 is 12.1 Å².